The molecule has 0 bridgehead atoms. The molecule has 1 heterocycles. The maximum absolute atomic E-state index is 11.6. The molecule has 0 aliphatic carbocycles. The number of benzene rings is 1. The lowest BCUT2D eigenvalue weighted by Crippen LogP contribution is -2.18. The van der Waals surface area contributed by atoms with Gasteiger partial charge in [-0.1, -0.05) is 6.07 Å². The standard InChI is InChI=1S/C7H3Br2NO3S/c8-4-2-1-3-5-6(4)7(11)10(9)14(5,12)13/h1-3H. The zero-order chi connectivity index (χ0) is 10.5. The van der Waals surface area contributed by atoms with E-state index >= 15 is 0 Å². The molecule has 1 aliphatic rings. The normalized spacial score (nSPS) is 18.4. The number of carbonyl (C=O) groups is 1. The first-order chi connectivity index (χ1) is 6.46. The van der Waals surface area contributed by atoms with Crippen LogP contribution in [0.5, 0.6) is 0 Å². The summed E-state index contributed by atoms with van der Waals surface area (Å²) < 4.78 is 24.2. The molecule has 1 aromatic rings. The predicted octanol–water partition coefficient (Wildman–Crippen LogP) is 1.90. The van der Waals surface area contributed by atoms with Gasteiger partial charge in [0.25, 0.3) is 15.9 Å². The van der Waals surface area contributed by atoms with Crippen LogP contribution in [-0.2, 0) is 10.0 Å². The zero-order valence-electron chi connectivity index (χ0n) is 6.57. The Bertz CT molecular complexity index is 526. The third kappa shape index (κ3) is 1.15. The van der Waals surface area contributed by atoms with Gasteiger partial charge in [-0.15, -0.1) is 0 Å². The van der Waals surface area contributed by atoms with Gasteiger partial charge < -0.3 is 0 Å². The zero-order valence-corrected chi connectivity index (χ0v) is 10.6. The van der Waals surface area contributed by atoms with E-state index in [2.05, 4.69) is 32.1 Å². The van der Waals surface area contributed by atoms with E-state index in [1.165, 1.54) is 6.07 Å². The minimum atomic E-state index is -3.69. The van der Waals surface area contributed by atoms with Crippen LogP contribution in [0.25, 0.3) is 0 Å². The van der Waals surface area contributed by atoms with Crippen LogP contribution in [0.3, 0.4) is 0 Å². The van der Waals surface area contributed by atoms with Gasteiger partial charge in [-0.2, -0.15) is 3.33 Å². The van der Waals surface area contributed by atoms with Crippen LogP contribution in [0.1, 0.15) is 10.4 Å². The first-order valence-corrected chi connectivity index (χ1v) is 6.44. The SMILES string of the molecule is O=C1c2c(Br)cccc2S(=O)(=O)N1Br. The fourth-order valence-electron chi connectivity index (χ4n) is 1.21. The number of fused-ring (bicyclic) bond motifs is 1. The quantitative estimate of drug-likeness (QED) is 0.678. The van der Waals surface area contributed by atoms with Crippen LogP contribution < -0.4 is 0 Å². The Labute approximate surface area is 97.4 Å². The van der Waals surface area contributed by atoms with Gasteiger partial charge in [-0.3, -0.25) is 4.79 Å². The molecule has 0 saturated heterocycles. The third-order valence-corrected chi connectivity index (χ3v) is 5.45. The average Bonchev–Trinajstić information content (AvgIpc) is 2.30. The van der Waals surface area contributed by atoms with E-state index < -0.39 is 15.9 Å². The summed E-state index contributed by atoms with van der Waals surface area (Å²) in [7, 11) is -3.69. The Kier molecular flexibility index (Phi) is 2.20. The number of halogens is 2. The first-order valence-electron chi connectivity index (χ1n) is 3.50. The predicted molar refractivity (Wildman–Crippen MR) is 56.4 cm³/mol. The first kappa shape index (κ1) is 10.1. The highest BCUT2D eigenvalue weighted by Gasteiger charge is 2.41. The van der Waals surface area contributed by atoms with Crippen LogP contribution in [-0.4, -0.2) is 17.7 Å². The molecule has 0 atom stereocenters. The van der Waals surface area contributed by atoms with Crippen molar-refractivity contribution in [1.29, 1.82) is 0 Å². The summed E-state index contributed by atoms with van der Waals surface area (Å²) in [6.45, 7) is 0. The van der Waals surface area contributed by atoms with Crippen LogP contribution in [0.2, 0.25) is 0 Å². The second-order valence-electron chi connectivity index (χ2n) is 2.64. The van der Waals surface area contributed by atoms with Crippen LogP contribution in [0, 0.1) is 0 Å². The molecule has 14 heavy (non-hydrogen) atoms. The Hall–Kier alpha value is -0.400. The average molecular weight is 341 g/mol. The summed E-state index contributed by atoms with van der Waals surface area (Å²) in [5, 5.41) is 0. The van der Waals surface area contributed by atoms with E-state index in [9.17, 15) is 13.2 Å². The molecule has 0 aromatic heterocycles. The van der Waals surface area contributed by atoms with Crippen molar-refractivity contribution in [2.24, 2.45) is 0 Å². The molecule has 0 fully saturated rings. The molecule has 0 unspecified atom stereocenters. The van der Waals surface area contributed by atoms with E-state index in [4.69, 9.17) is 0 Å². The van der Waals surface area contributed by atoms with Gasteiger partial charge in [0.2, 0.25) is 0 Å². The number of amides is 1. The molecular formula is C7H3Br2NO3S. The van der Waals surface area contributed by atoms with Gasteiger partial charge in [0.05, 0.1) is 21.7 Å². The van der Waals surface area contributed by atoms with Crippen LogP contribution >= 0.6 is 32.1 Å². The molecule has 4 nitrogen and oxygen atoms in total. The summed E-state index contributed by atoms with van der Waals surface area (Å²) in [5.74, 6) is -0.576. The number of hydrogen-bond acceptors (Lipinski definition) is 3. The second-order valence-corrected chi connectivity index (χ2v) is 6.43. The van der Waals surface area contributed by atoms with E-state index in [0.717, 1.165) is 0 Å². The van der Waals surface area contributed by atoms with Gasteiger partial charge in [0, 0.05) is 4.47 Å². The molecule has 1 aliphatic heterocycles. The monoisotopic (exact) mass is 339 g/mol. The molecule has 1 amide bonds. The number of hydrogen-bond donors (Lipinski definition) is 0. The Morgan fingerprint density at radius 1 is 1.29 bits per heavy atom. The fourth-order valence-corrected chi connectivity index (χ4v) is 3.71. The largest absolute Gasteiger partial charge is 0.280 e. The van der Waals surface area contributed by atoms with E-state index in [1.54, 1.807) is 12.1 Å². The van der Waals surface area contributed by atoms with Crippen molar-refractivity contribution in [3.63, 3.8) is 0 Å². The summed E-state index contributed by atoms with van der Waals surface area (Å²) >= 11 is 5.85. The lowest BCUT2D eigenvalue weighted by Gasteiger charge is -2.01. The Morgan fingerprint density at radius 3 is 2.50 bits per heavy atom. The lowest BCUT2D eigenvalue weighted by molar-refractivity contribution is 0.0937. The van der Waals surface area contributed by atoms with E-state index in [0.29, 0.717) is 7.80 Å². The van der Waals surface area contributed by atoms with Gasteiger partial charge in [-0.05, 0) is 28.1 Å². The van der Waals surface area contributed by atoms with Crippen molar-refractivity contribution in [3.05, 3.63) is 28.2 Å². The van der Waals surface area contributed by atoms with Gasteiger partial charge in [0.1, 0.15) is 4.90 Å². The number of rotatable bonds is 0. The summed E-state index contributed by atoms with van der Waals surface area (Å²) in [4.78, 5) is 11.5. The van der Waals surface area contributed by atoms with Crippen molar-refractivity contribution < 1.29 is 13.2 Å². The van der Waals surface area contributed by atoms with Gasteiger partial charge in [-0.25, -0.2) is 8.42 Å². The number of sulfonamides is 1. The molecule has 0 spiro atoms. The summed E-state index contributed by atoms with van der Waals surface area (Å²) in [6, 6.07) is 4.59. The van der Waals surface area contributed by atoms with Crippen LogP contribution in [0.15, 0.2) is 27.6 Å². The number of carbonyl (C=O) groups excluding carboxylic acids is 1. The van der Waals surface area contributed by atoms with Gasteiger partial charge in [0.15, 0.2) is 0 Å². The second kappa shape index (κ2) is 3.04. The highest BCUT2D eigenvalue weighted by molar-refractivity contribution is 9.10. The van der Waals surface area contributed by atoms with Gasteiger partial charge >= 0.3 is 0 Å². The molecular weight excluding hydrogens is 338 g/mol. The maximum atomic E-state index is 11.6. The highest BCUT2D eigenvalue weighted by atomic mass is 79.9. The van der Waals surface area contributed by atoms with E-state index in [-0.39, 0.29) is 10.5 Å². The molecule has 0 N–H and O–H groups in total. The maximum Gasteiger partial charge on any atom is 0.280 e. The highest BCUT2D eigenvalue weighted by Crippen LogP contribution is 2.36. The molecule has 0 saturated carbocycles. The van der Waals surface area contributed by atoms with Crippen molar-refractivity contribution in [2.75, 3.05) is 0 Å². The van der Waals surface area contributed by atoms with Crippen molar-refractivity contribution in [2.45, 2.75) is 4.90 Å². The Morgan fingerprint density at radius 2 is 1.93 bits per heavy atom. The molecule has 1 aromatic carbocycles. The van der Waals surface area contributed by atoms with Crippen LogP contribution in [0.4, 0.5) is 0 Å². The Balaban J connectivity index is 2.88. The lowest BCUT2D eigenvalue weighted by atomic mass is 10.2. The molecule has 0 radical (unpaired) electrons. The topological polar surface area (TPSA) is 54.5 Å². The molecule has 7 heteroatoms. The van der Waals surface area contributed by atoms with Crippen molar-refractivity contribution >= 4 is 48.0 Å². The number of nitrogens with zero attached hydrogens (tertiary/aromatic N) is 1. The minimum Gasteiger partial charge on any atom is -0.267 e. The molecule has 2 rings (SSSR count). The molecule has 74 valence electrons. The minimum absolute atomic E-state index is 0.0220. The summed E-state index contributed by atoms with van der Waals surface area (Å²) in [5.41, 5.74) is 0.171. The van der Waals surface area contributed by atoms with E-state index in [1.807, 2.05) is 0 Å². The summed E-state index contributed by atoms with van der Waals surface area (Å²) in [6.07, 6.45) is 0. The fraction of sp³-hybridized carbons (Fsp3) is 0. The van der Waals surface area contributed by atoms with Crippen molar-refractivity contribution in [1.82, 2.24) is 3.33 Å². The third-order valence-electron chi connectivity index (χ3n) is 1.84. The smallest absolute Gasteiger partial charge is 0.267 e. The van der Waals surface area contributed by atoms with Crippen molar-refractivity contribution in [3.8, 4) is 0 Å².